The molecule has 144 valence electrons. The van der Waals surface area contributed by atoms with E-state index in [2.05, 4.69) is 66.5 Å². The first kappa shape index (κ1) is 22.7. The van der Waals surface area contributed by atoms with Gasteiger partial charge in [-0.15, -0.1) is 35.3 Å². The normalized spacial score (nSPS) is 12.3. The van der Waals surface area contributed by atoms with Gasteiger partial charge in [0.2, 0.25) is 0 Å². The van der Waals surface area contributed by atoms with Gasteiger partial charge in [0, 0.05) is 30.2 Å². The second kappa shape index (κ2) is 11.4. The highest BCUT2D eigenvalue weighted by molar-refractivity contribution is 14.0. The summed E-state index contributed by atoms with van der Waals surface area (Å²) in [6, 6.07) is 6.31. The molecular weight excluding hydrogens is 459 g/mol. The van der Waals surface area contributed by atoms with E-state index in [-0.39, 0.29) is 30.1 Å². The first-order valence-corrected chi connectivity index (χ1v) is 9.45. The summed E-state index contributed by atoms with van der Waals surface area (Å²) in [7, 11) is 1.77. The van der Waals surface area contributed by atoms with Crippen LogP contribution in [0.5, 0.6) is 5.75 Å². The molecule has 2 N–H and O–H groups in total. The van der Waals surface area contributed by atoms with E-state index < -0.39 is 0 Å². The van der Waals surface area contributed by atoms with E-state index in [1.807, 2.05) is 6.20 Å². The Bertz CT molecular complexity index is 717. The average molecular weight is 488 g/mol. The molecule has 2 rings (SSSR count). The number of guanidine groups is 1. The van der Waals surface area contributed by atoms with E-state index in [0.717, 1.165) is 28.7 Å². The van der Waals surface area contributed by atoms with E-state index >= 15 is 0 Å². The van der Waals surface area contributed by atoms with Crippen LogP contribution in [0.4, 0.5) is 0 Å². The number of aryl methyl sites for hydroxylation is 2. The molecule has 0 saturated carbocycles. The van der Waals surface area contributed by atoms with Crippen LogP contribution in [-0.2, 0) is 13.1 Å². The standard InChI is InChI=1S/C19H28N4OS.HI/c1-6-14(3)24-17-9-13(2)7-8-16(17)11-22-19(20-5)23-12-18-21-10-15(4)25-18;/h7-10,14H,6,11-12H2,1-5H3,(H2,20,22,23);1H. The number of rotatable bonds is 7. The van der Waals surface area contributed by atoms with E-state index in [9.17, 15) is 0 Å². The molecule has 7 heteroatoms. The third-order valence-electron chi connectivity index (χ3n) is 3.87. The van der Waals surface area contributed by atoms with Crippen molar-refractivity contribution in [3.8, 4) is 5.75 Å². The maximum atomic E-state index is 6.06. The SMILES string of the molecule is CCC(C)Oc1cc(C)ccc1CNC(=NC)NCc1ncc(C)s1.I. The molecule has 0 saturated heterocycles. The number of nitrogens with zero attached hydrogens (tertiary/aromatic N) is 2. The van der Waals surface area contributed by atoms with Crippen molar-refractivity contribution in [2.75, 3.05) is 7.05 Å². The monoisotopic (exact) mass is 488 g/mol. The molecule has 2 aromatic rings. The van der Waals surface area contributed by atoms with Gasteiger partial charge in [-0.2, -0.15) is 0 Å². The summed E-state index contributed by atoms with van der Waals surface area (Å²) in [5, 5.41) is 7.70. The number of halogens is 1. The number of nitrogens with one attached hydrogen (secondary N) is 2. The van der Waals surface area contributed by atoms with Crippen LogP contribution in [0, 0.1) is 13.8 Å². The number of aromatic nitrogens is 1. The fourth-order valence-corrected chi connectivity index (χ4v) is 2.99. The largest absolute Gasteiger partial charge is 0.490 e. The Balaban J connectivity index is 0.00000338. The molecule has 1 aromatic heterocycles. The van der Waals surface area contributed by atoms with Crippen LogP contribution in [0.1, 0.15) is 41.3 Å². The van der Waals surface area contributed by atoms with Crippen LogP contribution in [0.2, 0.25) is 0 Å². The number of aliphatic imine (C=N–C) groups is 1. The molecule has 0 aliphatic carbocycles. The van der Waals surface area contributed by atoms with Crippen LogP contribution in [0.25, 0.3) is 0 Å². The molecule has 0 amide bonds. The molecule has 1 unspecified atom stereocenters. The van der Waals surface area contributed by atoms with Crippen molar-refractivity contribution in [3.05, 3.63) is 45.4 Å². The molecular formula is C19H29IN4OS. The van der Waals surface area contributed by atoms with Crippen LogP contribution >= 0.6 is 35.3 Å². The van der Waals surface area contributed by atoms with Gasteiger partial charge in [0.1, 0.15) is 10.8 Å². The first-order valence-electron chi connectivity index (χ1n) is 8.63. The second-order valence-electron chi connectivity index (χ2n) is 6.09. The third-order valence-corrected chi connectivity index (χ3v) is 4.78. The predicted octanol–water partition coefficient (Wildman–Crippen LogP) is 4.42. The van der Waals surface area contributed by atoms with Gasteiger partial charge in [0.05, 0.1) is 12.6 Å². The fraction of sp³-hybridized carbons (Fsp3) is 0.474. The van der Waals surface area contributed by atoms with E-state index in [1.165, 1.54) is 10.4 Å². The Morgan fingerprint density at radius 2 is 2.00 bits per heavy atom. The van der Waals surface area contributed by atoms with Gasteiger partial charge in [-0.1, -0.05) is 19.1 Å². The molecule has 1 heterocycles. The summed E-state index contributed by atoms with van der Waals surface area (Å²) in [4.78, 5) is 9.85. The zero-order chi connectivity index (χ0) is 18.2. The van der Waals surface area contributed by atoms with Crippen molar-refractivity contribution < 1.29 is 4.74 Å². The smallest absolute Gasteiger partial charge is 0.191 e. The average Bonchev–Trinajstić information content (AvgIpc) is 3.01. The molecule has 0 aliphatic rings. The number of benzene rings is 1. The van der Waals surface area contributed by atoms with Crippen molar-refractivity contribution in [2.24, 2.45) is 4.99 Å². The summed E-state index contributed by atoms with van der Waals surface area (Å²) in [5.41, 5.74) is 2.32. The van der Waals surface area contributed by atoms with Crippen LogP contribution < -0.4 is 15.4 Å². The van der Waals surface area contributed by atoms with Gasteiger partial charge >= 0.3 is 0 Å². The van der Waals surface area contributed by atoms with Crippen molar-refractivity contribution in [3.63, 3.8) is 0 Å². The molecule has 0 radical (unpaired) electrons. The molecule has 0 aliphatic heterocycles. The number of ether oxygens (including phenoxy) is 1. The Labute approximate surface area is 177 Å². The summed E-state index contributed by atoms with van der Waals surface area (Å²) >= 11 is 1.69. The third kappa shape index (κ3) is 7.11. The van der Waals surface area contributed by atoms with Gasteiger partial charge in [0.25, 0.3) is 0 Å². The minimum atomic E-state index is 0. The lowest BCUT2D eigenvalue weighted by molar-refractivity contribution is 0.215. The van der Waals surface area contributed by atoms with Crippen molar-refractivity contribution in [2.45, 2.75) is 53.3 Å². The zero-order valence-corrected chi connectivity index (χ0v) is 19.3. The summed E-state index contributed by atoms with van der Waals surface area (Å²) in [6.07, 6.45) is 3.08. The van der Waals surface area contributed by atoms with E-state index in [4.69, 9.17) is 4.74 Å². The minimum absolute atomic E-state index is 0. The molecule has 1 aromatic carbocycles. The van der Waals surface area contributed by atoms with Gasteiger partial charge in [-0.25, -0.2) is 4.98 Å². The molecule has 26 heavy (non-hydrogen) atoms. The number of thiazole rings is 1. The van der Waals surface area contributed by atoms with E-state index in [1.54, 1.807) is 18.4 Å². The highest BCUT2D eigenvalue weighted by atomic mass is 127. The molecule has 0 spiro atoms. The Morgan fingerprint density at radius 3 is 2.62 bits per heavy atom. The van der Waals surface area contributed by atoms with Crippen LogP contribution in [0.15, 0.2) is 29.4 Å². The Hall–Kier alpha value is -1.35. The minimum Gasteiger partial charge on any atom is -0.490 e. The zero-order valence-electron chi connectivity index (χ0n) is 16.1. The van der Waals surface area contributed by atoms with Gasteiger partial charge < -0.3 is 15.4 Å². The maximum absolute atomic E-state index is 6.06. The van der Waals surface area contributed by atoms with Gasteiger partial charge in [-0.05, 0) is 38.8 Å². The number of hydrogen-bond donors (Lipinski definition) is 2. The fourth-order valence-electron chi connectivity index (χ4n) is 2.26. The first-order chi connectivity index (χ1) is 12.0. The summed E-state index contributed by atoms with van der Waals surface area (Å²) in [6.45, 7) is 9.69. The second-order valence-corrected chi connectivity index (χ2v) is 7.41. The Kier molecular flexibility index (Phi) is 9.93. The lowest BCUT2D eigenvalue weighted by Gasteiger charge is -2.18. The Morgan fingerprint density at radius 1 is 1.27 bits per heavy atom. The summed E-state index contributed by atoms with van der Waals surface area (Å²) < 4.78 is 6.06. The predicted molar refractivity (Wildman–Crippen MR) is 121 cm³/mol. The van der Waals surface area contributed by atoms with Crippen molar-refractivity contribution in [1.29, 1.82) is 0 Å². The number of hydrogen-bond acceptors (Lipinski definition) is 4. The van der Waals surface area contributed by atoms with E-state index in [0.29, 0.717) is 13.1 Å². The van der Waals surface area contributed by atoms with Gasteiger partial charge in [-0.3, -0.25) is 4.99 Å². The quantitative estimate of drug-likeness (QED) is 0.344. The highest BCUT2D eigenvalue weighted by Gasteiger charge is 2.09. The lowest BCUT2D eigenvalue weighted by Crippen LogP contribution is -2.36. The molecule has 0 fully saturated rings. The maximum Gasteiger partial charge on any atom is 0.191 e. The van der Waals surface area contributed by atoms with Crippen molar-refractivity contribution in [1.82, 2.24) is 15.6 Å². The highest BCUT2D eigenvalue weighted by Crippen LogP contribution is 2.22. The summed E-state index contributed by atoms with van der Waals surface area (Å²) in [5.74, 6) is 1.69. The van der Waals surface area contributed by atoms with Crippen LogP contribution in [0.3, 0.4) is 0 Å². The van der Waals surface area contributed by atoms with Gasteiger partial charge in [0.15, 0.2) is 5.96 Å². The molecule has 1 atom stereocenters. The molecule has 0 bridgehead atoms. The topological polar surface area (TPSA) is 58.5 Å². The van der Waals surface area contributed by atoms with Crippen LogP contribution in [-0.4, -0.2) is 24.1 Å². The molecule has 5 nitrogen and oxygen atoms in total. The lowest BCUT2D eigenvalue weighted by atomic mass is 10.1. The van der Waals surface area contributed by atoms with Crippen molar-refractivity contribution >= 4 is 41.3 Å².